The molecule has 0 bridgehead atoms. The highest BCUT2D eigenvalue weighted by Gasteiger charge is 2.23. The molecule has 3 aromatic rings. The van der Waals surface area contributed by atoms with Crippen LogP contribution in [0.3, 0.4) is 0 Å². The maximum Gasteiger partial charge on any atom is 0.255 e. The van der Waals surface area contributed by atoms with Gasteiger partial charge in [0.1, 0.15) is 11.6 Å². The molecule has 0 fully saturated rings. The molecule has 0 radical (unpaired) electrons. The first-order valence-corrected chi connectivity index (χ1v) is 8.84. The van der Waals surface area contributed by atoms with Gasteiger partial charge in [0.25, 0.3) is 11.5 Å². The van der Waals surface area contributed by atoms with E-state index >= 15 is 0 Å². The van der Waals surface area contributed by atoms with Gasteiger partial charge in [0.05, 0.1) is 18.9 Å². The molecule has 0 spiro atoms. The third kappa shape index (κ3) is 3.38. The van der Waals surface area contributed by atoms with Crippen LogP contribution < -0.4 is 10.3 Å². The molecule has 0 atom stereocenters. The van der Waals surface area contributed by atoms with Crippen LogP contribution in [0.1, 0.15) is 21.5 Å². The first-order valence-electron chi connectivity index (χ1n) is 8.84. The lowest BCUT2D eigenvalue weighted by molar-refractivity contribution is 0.0733. The third-order valence-electron chi connectivity index (χ3n) is 4.83. The number of nitrogens with zero attached hydrogens (tertiary/aromatic N) is 3. The molecule has 7 heteroatoms. The second kappa shape index (κ2) is 7.26. The molecule has 0 saturated heterocycles. The number of fused-ring (bicyclic) bond motifs is 1. The number of carbonyl (C=O) groups is 1. The van der Waals surface area contributed by atoms with Crippen molar-refractivity contribution in [3.8, 4) is 11.4 Å². The van der Waals surface area contributed by atoms with E-state index in [0.717, 1.165) is 11.1 Å². The average Bonchev–Trinajstić information content (AvgIpc) is 2.73. The molecule has 1 aromatic carbocycles. The molecule has 0 unspecified atom stereocenters. The Morgan fingerprint density at radius 3 is 2.68 bits per heavy atom. The molecule has 0 aliphatic carbocycles. The lowest BCUT2D eigenvalue weighted by atomic mass is 10.0. The molecule has 4 rings (SSSR count). The largest absolute Gasteiger partial charge is 0.495 e. The van der Waals surface area contributed by atoms with Crippen LogP contribution in [-0.4, -0.2) is 34.0 Å². The van der Waals surface area contributed by atoms with Gasteiger partial charge >= 0.3 is 0 Å². The minimum absolute atomic E-state index is 0.142. The van der Waals surface area contributed by atoms with Gasteiger partial charge in [-0.1, -0.05) is 0 Å². The summed E-state index contributed by atoms with van der Waals surface area (Å²) in [6.07, 6.45) is 5.38. The number of hydrogen-bond acceptors (Lipinski definition) is 4. The number of amides is 1. The van der Waals surface area contributed by atoms with E-state index < -0.39 is 0 Å². The van der Waals surface area contributed by atoms with Gasteiger partial charge in [-0.3, -0.25) is 19.1 Å². The van der Waals surface area contributed by atoms with Crippen molar-refractivity contribution >= 4 is 5.91 Å². The summed E-state index contributed by atoms with van der Waals surface area (Å²) in [5.74, 6) is 0.0171. The van der Waals surface area contributed by atoms with E-state index in [2.05, 4.69) is 4.98 Å². The summed E-state index contributed by atoms with van der Waals surface area (Å²) in [7, 11) is 1.52. The van der Waals surface area contributed by atoms with Crippen molar-refractivity contribution in [2.45, 2.75) is 13.0 Å². The normalized spacial score (nSPS) is 13.1. The molecule has 0 saturated carbocycles. The number of pyridine rings is 2. The average molecular weight is 379 g/mol. The predicted molar refractivity (Wildman–Crippen MR) is 101 cm³/mol. The SMILES string of the molecule is COc1cncc(C(=O)N2CCc3cc(=O)n(-c4ccc(F)cc4)cc3C2)c1. The molecule has 142 valence electrons. The fourth-order valence-corrected chi connectivity index (χ4v) is 3.34. The molecule has 0 N–H and O–H groups in total. The Morgan fingerprint density at radius 1 is 1.14 bits per heavy atom. The van der Waals surface area contributed by atoms with E-state index in [1.165, 1.54) is 30.0 Å². The summed E-state index contributed by atoms with van der Waals surface area (Å²) in [4.78, 5) is 31.1. The van der Waals surface area contributed by atoms with Gasteiger partial charge in [0.15, 0.2) is 0 Å². The van der Waals surface area contributed by atoms with E-state index in [1.807, 2.05) is 0 Å². The Kier molecular flexibility index (Phi) is 4.65. The summed E-state index contributed by atoms with van der Waals surface area (Å²) >= 11 is 0. The summed E-state index contributed by atoms with van der Waals surface area (Å²) in [5.41, 5.74) is 2.67. The lowest BCUT2D eigenvalue weighted by Crippen LogP contribution is -2.37. The second-order valence-corrected chi connectivity index (χ2v) is 6.60. The van der Waals surface area contributed by atoms with Crippen molar-refractivity contribution in [3.63, 3.8) is 0 Å². The van der Waals surface area contributed by atoms with Crippen LogP contribution in [0.4, 0.5) is 4.39 Å². The van der Waals surface area contributed by atoms with E-state index in [-0.39, 0.29) is 17.3 Å². The van der Waals surface area contributed by atoms with Crippen LogP contribution in [0, 0.1) is 5.82 Å². The van der Waals surface area contributed by atoms with Crippen molar-refractivity contribution in [2.75, 3.05) is 13.7 Å². The number of carbonyl (C=O) groups excluding carboxylic acids is 1. The summed E-state index contributed by atoms with van der Waals surface area (Å²) in [5, 5.41) is 0. The molecule has 2 aromatic heterocycles. The Labute approximate surface area is 160 Å². The van der Waals surface area contributed by atoms with E-state index in [9.17, 15) is 14.0 Å². The van der Waals surface area contributed by atoms with Gasteiger partial charge in [-0.05, 0) is 47.9 Å². The zero-order chi connectivity index (χ0) is 19.7. The van der Waals surface area contributed by atoms with Gasteiger partial charge in [-0.15, -0.1) is 0 Å². The first-order chi connectivity index (χ1) is 13.5. The molecule has 1 aliphatic rings. The fraction of sp³-hybridized carbons (Fsp3) is 0.190. The molecule has 1 aliphatic heterocycles. The smallest absolute Gasteiger partial charge is 0.255 e. The monoisotopic (exact) mass is 379 g/mol. The summed E-state index contributed by atoms with van der Waals surface area (Å²) in [6.45, 7) is 0.899. The third-order valence-corrected chi connectivity index (χ3v) is 4.83. The number of halogens is 1. The van der Waals surface area contributed by atoms with E-state index in [1.54, 1.807) is 41.6 Å². The van der Waals surface area contributed by atoms with Gasteiger partial charge in [-0.25, -0.2) is 4.39 Å². The van der Waals surface area contributed by atoms with Crippen LogP contribution in [0.25, 0.3) is 5.69 Å². The molecule has 6 nitrogen and oxygen atoms in total. The van der Waals surface area contributed by atoms with Gasteiger partial charge in [0.2, 0.25) is 0 Å². The van der Waals surface area contributed by atoms with Crippen molar-refractivity contribution in [1.82, 2.24) is 14.5 Å². The zero-order valence-corrected chi connectivity index (χ0v) is 15.3. The highest BCUT2D eigenvalue weighted by atomic mass is 19.1. The second-order valence-electron chi connectivity index (χ2n) is 6.60. The molecule has 28 heavy (non-hydrogen) atoms. The van der Waals surface area contributed by atoms with Crippen molar-refractivity contribution in [3.05, 3.63) is 87.9 Å². The van der Waals surface area contributed by atoms with Crippen LogP contribution in [0.15, 0.2) is 59.8 Å². The topological polar surface area (TPSA) is 64.4 Å². The number of aromatic nitrogens is 2. The maximum atomic E-state index is 13.2. The highest BCUT2D eigenvalue weighted by Crippen LogP contribution is 2.21. The maximum absolute atomic E-state index is 13.2. The fourth-order valence-electron chi connectivity index (χ4n) is 3.34. The summed E-state index contributed by atoms with van der Waals surface area (Å²) < 4.78 is 19.8. The molecule has 3 heterocycles. The standard InChI is InChI=1S/C21H18FN3O3/c1-28-19-8-15(10-23-11-19)21(27)24-7-6-14-9-20(26)25(13-16(14)12-24)18-4-2-17(22)3-5-18/h2-5,8-11,13H,6-7,12H2,1H3. The van der Waals surface area contributed by atoms with Crippen LogP contribution in [0.5, 0.6) is 5.75 Å². The molecular weight excluding hydrogens is 361 g/mol. The Hall–Kier alpha value is -3.48. The Bertz CT molecular complexity index is 1090. The van der Waals surface area contributed by atoms with Crippen molar-refractivity contribution in [1.29, 1.82) is 0 Å². The number of benzene rings is 1. The van der Waals surface area contributed by atoms with Gasteiger partial charge in [-0.2, -0.15) is 0 Å². The van der Waals surface area contributed by atoms with Crippen LogP contribution in [-0.2, 0) is 13.0 Å². The minimum atomic E-state index is -0.363. The Morgan fingerprint density at radius 2 is 1.93 bits per heavy atom. The quantitative estimate of drug-likeness (QED) is 0.702. The van der Waals surface area contributed by atoms with E-state index in [0.29, 0.717) is 36.5 Å². The van der Waals surface area contributed by atoms with Crippen molar-refractivity contribution in [2.24, 2.45) is 0 Å². The van der Waals surface area contributed by atoms with Gasteiger partial charge in [0, 0.05) is 37.2 Å². The number of ether oxygens (including phenoxy) is 1. The number of hydrogen-bond donors (Lipinski definition) is 0. The Balaban J connectivity index is 1.64. The lowest BCUT2D eigenvalue weighted by Gasteiger charge is -2.29. The number of methoxy groups -OCH3 is 1. The summed E-state index contributed by atoms with van der Waals surface area (Å²) in [6, 6.07) is 8.98. The molecular formula is C21H18FN3O3. The van der Waals surface area contributed by atoms with Crippen LogP contribution >= 0.6 is 0 Å². The highest BCUT2D eigenvalue weighted by molar-refractivity contribution is 5.94. The zero-order valence-electron chi connectivity index (χ0n) is 15.3. The van der Waals surface area contributed by atoms with E-state index in [4.69, 9.17) is 4.74 Å². The molecule has 1 amide bonds. The van der Waals surface area contributed by atoms with Crippen LogP contribution in [0.2, 0.25) is 0 Å². The minimum Gasteiger partial charge on any atom is -0.495 e. The predicted octanol–water partition coefficient (Wildman–Crippen LogP) is 2.58. The van der Waals surface area contributed by atoms with Gasteiger partial charge < -0.3 is 9.64 Å². The van der Waals surface area contributed by atoms with Crippen molar-refractivity contribution < 1.29 is 13.9 Å². The first kappa shape index (κ1) is 17.9. The number of rotatable bonds is 3.